The Hall–Kier alpha value is -3.34. The van der Waals surface area contributed by atoms with Crippen LogP contribution in [0.1, 0.15) is 42.3 Å². The number of dihydropyridines is 1. The normalized spacial score (nSPS) is 19.3. The van der Waals surface area contributed by atoms with E-state index < -0.39 is 6.17 Å². The van der Waals surface area contributed by atoms with E-state index in [1.165, 1.54) is 5.56 Å². The molecule has 2 atom stereocenters. The van der Waals surface area contributed by atoms with Gasteiger partial charge in [-0.3, -0.25) is 5.32 Å². The van der Waals surface area contributed by atoms with Crippen molar-refractivity contribution in [3.8, 4) is 11.5 Å². The van der Waals surface area contributed by atoms with E-state index in [4.69, 9.17) is 10.5 Å². The summed E-state index contributed by atoms with van der Waals surface area (Å²) in [6, 6.07) is 24.8. The average molecular weight is 410 g/mol. The third kappa shape index (κ3) is 3.54. The lowest BCUT2D eigenvalue weighted by Crippen LogP contribution is -2.45. The van der Waals surface area contributed by atoms with Crippen molar-refractivity contribution < 1.29 is 4.74 Å². The van der Waals surface area contributed by atoms with Crippen molar-refractivity contribution >= 4 is 5.70 Å². The van der Waals surface area contributed by atoms with Crippen molar-refractivity contribution in [3.63, 3.8) is 0 Å². The summed E-state index contributed by atoms with van der Waals surface area (Å²) < 4.78 is 6.38. The minimum atomic E-state index is -0.395. The third-order valence-corrected chi connectivity index (χ3v) is 6.15. The maximum Gasteiger partial charge on any atom is 0.137 e. The van der Waals surface area contributed by atoms with Gasteiger partial charge in [0, 0.05) is 27.8 Å². The number of nitrogens with one attached hydrogen (secondary N) is 2. The average Bonchev–Trinajstić information content (AvgIpc) is 2.80. The van der Waals surface area contributed by atoms with Gasteiger partial charge in [0.2, 0.25) is 0 Å². The molecule has 0 bridgehead atoms. The Morgan fingerprint density at radius 2 is 1.68 bits per heavy atom. The van der Waals surface area contributed by atoms with Crippen LogP contribution in [0.4, 0.5) is 0 Å². The molecule has 0 spiro atoms. The smallest absolute Gasteiger partial charge is 0.137 e. The first-order valence-corrected chi connectivity index (χ1v) is 10.7. The molecule has 2 aliphatic rings. The largest absolute Gasteiger partial charge is 0.456 e. The Morgan fingerprint density at radius 1 is 0.935 bits per heavy atom. The minimum absolute atomic E-state index is 0.0880. The number of benzene rings is 3. The van der Waals surface area contributed by atoms with Crippen LogP contribution in [0.5, 0.6) is 11.5 Å². The molecule has 4 heteroatoms. The summed E-state index contributed by atoms with van der Waals surface area (Å²) in [7, 11) is 0. The van der Waals surface area contributed by atoms with Crippen molar-refractivity contribution in [3.05, 3.63) is 113 Å². The molecule has 31 heavy (non-hydrogen) atoms. The second-order valence-electron chi connectivity index (χ2n) is 8.54. The van der Waals surface area contributed by atoms with E-state index in [0.29, 0.717) is 0 Å². The van der Waals surface area contributed by atoms with Gasteiger partial charge in [-0.15, -0.1) is 0 Å². The number of fused-ring (bicyclic) bond motifs is 2. The van der Waals surface area contributed by atoms with Gasteiger partial charge in [-0.2, -0.15) is 0 Å². The van der Waals surface area contributed by atoms with Crippen LogP contribution in [-0.4, -0.2) is 6.17 Å². The van der Waals surface area contributed by atoms with Crippen molar-refractivity contribution in [1.82, 2.24) is 10.6 Å². The predicted molar refractivity (Wildman–Crippen MR) is 126 cm³/mol. The zero-order valence-electron chi connectivity index (χ0n) is 17.8. The van der Waals surface area contributed by atoms with E-state index in [-0.39, 0.29) is 11.6 Å². The standard InChI is InChI=1S/C27H27N3O/c1-27(2)20-13-6-7-16-23(20)31-25-19(12-8-14-21(25)27)26(28)30-24-17-9-15-22(29-24)18-10-4-3-5-11-18/h3-17,24,26,29-30H,28H2,1-2H3. The number of ether oxygens (including phenoxy) is 1. The monoisotopic (exact) mass is 409 g/mol. The van der Waals surface area contributed by atoms with Gasteiger partial charge in [0.05, 0.1) is 12.3 Å². The lowest BCUT2D eigenvalue weighted by molar-refractivity contribution is 0.396. The summed E-state index contributed by atoms with van der Waals surface area (Å²) >= 11 is 0. The zero-order chi connectivity index (χ0) is 21.4. The highest BCUT2D eigenvalue weighted by Crippen LogP contribution is 2.49. The number of nitrogens with two attached hydrogens (primary N) is 1. The molecule has 0 aromatic heterocycles. The molecule has 0 radical (unpaired) electrons. The fraction of sp³-hybridized carbons (Fsp3) is 0.185. The number of hydrogen-bond donors (Lipinski definition) is 3. The molecule has 2 heterocycles. The molecule has 4 nitrogen and oxygen atoms in total. The summed E-state index contributed by atoms with van der Waals surface area (Å²) in [5, 5.41) is 7.02. The summed E-state index contributed by atoms with van der Waals surface area (Å²) in [6.07, 6.45) is 5.72. The van der Waals surface area contributed by atoms with Gasteiger partial charge in [-0.05, 0) is 23.8 Å². The molecule has 0 fully saturated rings. The van der Waals surface area contributed by atoms with Crippen molar-refractivity contribution in [2.24, 2.45) is 5.73 Å². The fourth-order valence-electron chi connectivity index (χ4n) is 4.44. The van der Waals surface area contributed by atoms with Crippen molar-refractivity contribution in [2.45, 2.75) is 31.6 Å². The van der Waals surface area contributed by atoms with Gasteiger partial charge < -0.3 is 15.8 Å². The van der Waals surface area contributed by atoms with Crippen LogP contribution in [0.2, 0.25) is 0 Å². The summed E-state index contributed by atoms with van der Waals surface area (Å²) in [5.74, 6) is 1.74. The van der Waals surface area contributed by atoms with Crippen LogP contribution in [-0.2, 0) is 5.41 Å². The summed E-state index contributed by atoms with van der Waals surface area (Å²) in [5.41, 5.74) is 12.0. The van der Waals surface area contributed by atoms with Crippen LogP contribution < -0.4 is 21.1 Å². The summed E-state index contributed by atoms with van der Waals surface area (Å²) in [4.78, 5) is 0. The highest BCUT2D eigenvalue weighted by molar-refractivity contribution is 5.67. The van der Waals surface area contributed by atoms with E-state index in [1.807, 2.05) is 36.4 Å². The molecule has 4 N–H and O–H groups in total. The van der Waals surface area contributed by atoms with E-state index in [9.17, 15) is 0 Å². The molecule has 0 saturated heterocycles. The van der Waals surface area contributed by atoms with Gasteiger partial charge in [0.1, 0.15) is 11.5 Å². The lowest BCUT2D eigenvalue weighted by atomic mass is 9.75. The minimum Gasteiger partial charge on any atom is -0.456 e. The number of hydrogen-bond acceptors (Lipinski definition) is 4. The Labute approximate surface area is 183 Å². The second-order valence-corrected chi connectivity index (χ2v) is 8.54. The maximum atomic E-state index is 6.66. The summed E-state index contributed by atoms with van der Waals surface area (Å²) in [6.45, 7) is 4.47. The first-order valence-electron chi connectivity index (χ1n) is 10.7. The van der Waals surface area contributed by atoms with Crippen LogP contribution in [0.25, 0.3) is 5.70 Å². The van der Waals surface area contributed by atoms with Crippen LogP contribution in [0, 0.1) is 0 Å². The number of para-hydroxylation sites is 2. The first-order chi connectivity index (χ1) is 15.0. The first kappa shape index (κ1) is 19.6. The molecular formula is C27H27N3O. The van der Waals surface area contributed by atoms with Gasteiger partial charge in [0.25, 0.3) is 0 Å². The van der Waals surface area contributed by atoms with Gasteiger partial charge in [-0.25, -0.2) is 0 Å². The Balaban J connectivity index is 1.40. The van der Waals surface area contributed by atoms with Gasteiger partial charge in [-0.1, -0.05) is 86.7 Å². The molecule has 5 rings (SSSR count). The van der Waals surface area contributed by atoms with E-state index in [0.717, 1.165) is 33.9 Å². The number of rotatable bonds is 4. The van der Waals surface area contributed by atoms with Crippen molar-refractivity contribution in [2.75, 3.05) is 0 Å². The highest BCUT2D eigenvalue weighted by atomic mass is 16.5. The molecule has 3 aromatic rings. The van der Waals surface area contributed by atoms with Crippen LogP contribution in [0.15, 0.2) is 91.0 Å². The van der Waals surface area contributed by atoms with Gasteiger partial charge in [0.15, 0.2) is 0 Å². The molecule has 156 valence electrons. The predicted octanol–water partition coefficient (Wildman–Crippen LogP) is 5.19. The van der Waals surface area contributed by atoms with Crippen molar-refractivity contribution in [1.29, 1.82) is 0 Å². The SMILES string of the molecule is CC1(C)c2ccccc2Oc2c(C(N)NC3C=CC=C(c4ccccc4)N3)cccc21. The van der Waals surface area contributed by atoms with E-state index in [2.05, 4.69) is 79.1 Å². The third-order valence-electron chi connectivity index (χ3n) is 6.15. The second kappa shape index (κ2) is 7.73. The van der Waals surface area contributed by atoms with Crippen LogP contribution in [0.3, 0.4) is 0 Å². The molecule has 0 aliphatic carbocycles. The quantitative estimate of drug-likeness (QED) is 0.519. The lowest BCUT2D eigenvalue weighted by Gasteiger charge is -2.36. The maximum absolute atomic E-state index is 6.66. The van der Waals surface area contributed by atoms with E-state index in [1.54, 1.807) is 0 Å². The molecular weight excluding hydrogens is 382 g/mol. The molecule has 2 aliphatic heterocycles. The highest BCUT2D eigenvalue weighted by Gasteiger charge is 2.35. The van der Waals surface area contributed by atoms with Crippen LogP contribution >= 0.6 is 0 Å². The molecule has 0 saturated carbocycles. The topological polar surface area (TPSA) is 59.3 Å². The fourth-order valence-corrected chi connectivity index (χ4v) is 4.44. The van der Waals surface area contributed by atoms with Gasteiger partial charge >= 0.3 is 0 Å². The molecule has 2 unspecified atom stereocenters. The Bertz CT molecular complexity index is 1160. The number of allylic oxidation sites excluding steroid dienone is 2. The molecule has 0 amide bonds. The molecule has 3 aromatic carbocycles. The Morgan fingerprint density at radius 3 is 2.52 bits per heavy atom. The van der Waals surface area contributed by atoms with E-state index >= 15 is 0 Å². The Kier molecular flexibility index (Phi) is 4.89. The zero-order valence-corrected chi connectivity index (χ0v) is 17.8.